The van der Waals surface area contributed by atoms with Crippen LogP contribution in [0.1, 0.15) is 43.4 Å². The Hall–Kier alpha value is -2.34. The molecule has 1 heterocycles. The van der Waals surface area contributed by atoms with E-state index >= 15 is 0 Å². The van der Waals surface area contributed by atoms with Crippen molar-refractivity contribution in [2.75, 3.05) is 6.54 Å². The van der Waals surface area contributed by atoms with Crippen LogP contribution in [0.2, 0.25) is 0 Å². The van der Waals surface area contributed by atoms with E-state index < -0.39 is 11.5 Å². The van der Waals surface area contributed by atoms with Gasteiger partial charge < -0.3 is 15.4 Å². The Kier molecular flexibility index (Phi) is 5.85. The molecule has 2 aromatic carbocycles. The highest BCUT2D eigenvalue weighted by molar-refractivity contribution is 9.10. The van der Waals surface area contributed by atoms with Crippen molar-refractivity contribution in [1.82, 2.24) is 4.90 Å². The minimum absolute atomic E-state index is 0.101. The molecule has 3 rings (SSSR count). The zero-order chi connectivity index (χ0) is 19.4. The number of hydrogen-bond donors (Lipinski definition) is 1. The molecule has 1 unspecified atom stereocenters. The molecule has 2 N–H and O–H groups in total. The van der Waals surface area contributed by atoms with Gasteiger partial charge in [0.1, 0.15) is 5.60 Å². The Morgan fingerprint density at radius 3 is 2.48 bits per heavy atom. The Balaban J connectivity index is 1.82. The predicted octanol–water partition coefficient (Wildman–Crippen LogP) is 4.51. The molecule has 1 aliphatic rings. The molecule has 0 aromatic heterocycles. The highest BCUT2D eigenvalue weighted by Crippen LogP contribution is 2.40. The van der Waals surface area contributed by atoms with Gasteiger partial charge in [0.15, 0.2) is 0 Å². The van der Waals surface area contributed by atoms with Gasteiger partial charge in [-0.15, -0.1) is 0 Å². The molecule has 2 aromatic rings. The maximum absolute atomic E-state index is 12.9. The number of halogens is 1. The van der Waals surface area contributed by atoms with Gasteiger partial charge in [-0.1, -0.05) is 58.4 Å². The number of ether oxygens (including phenoxy) is 1. The summed E-state index contributed by atoms with van der Waals surface area (Å²) in [5.41, 5.74) is 6.47. The molecular formula is C21H23BrN2O3. The number of carbonyl (C=O) groups is 2. The van der Waals surface area contributed by atoms with Gasteiger partial charge in [-0.2, -0.15) is 0 Å². The van der Waals surface area contributed by atoms with E-state index in [2.05, 4.69) is 15.9 Å². The molecule has 0 bridgehead atoms. The molecule has 27 heavy (non-hydrogen) atoms. The average Bonchev–Trinajstić information content (AvgIpc) is 2.67. The molecule has 0 saturated carbocycles. The number of primary amides is 1. The number of benzene rings is 2. The zero-order valence-electron chi connectivity index (χ0n) is 15.2. The van der Waals surface area contributed by atoms with E-state index in [4.69, 9.17) is 10.5 Å². The first-order valence-electron chi connectivity index (χ1n) is 9.00. The van der Waals surface area contributed by atoms with Gasteiger partial charge in [0.05, 0.1) is 6.04 Å². The van der Waals surface area contributed by atoms with E-state index in [1.54, 1.807) is 4.90 Å². The van der Waals surface area contributed by atoms with Crippen LogP contribution >= 0.6 is 15.9 Å². The summed E-state index contributed by atoms with van der Waals surface area (Å²) in [6, 6.07) is 17.4. The molecule has 0 aliphatic carbocycles. The van der Waals surface area contributed by atoms with Crippen molar-refractivity contribution in [2.45, 2.75) is 37.8 Å². The summed E-state index contributed by atoms with van der Waals surface area (Å²) < 4.78 is 6.95. The first-order valence-corrected chi connectivity index (χ1v) is 9.79. The Morgan fingerprint density at radius 1 is 1.22 bits per heavy atom. The van der Waals surface area contributed by atoms with Crippen molar-refractivity contribution in [3.8, 4) is 0 Å². The quantitative estimate of drug-likeness (QED) is 0.732. The van der Waals surface area contributed by atoms with Crippen LogP contribution < -0.4 is 5.73 Å². The smallest absolute Gasteiger partial charge is 0.411 e. The lowest BCUT2D eigenvalue weighted by Crippen LogP contribution is -2.49. The van der Waals surface area contributed by atoms with Crippen LogP contribution in [-0.4, -0.2) is 23.4 Å². The number of nitrogens with zero attached hydrogens (tertiary/aromatic N) is 1. The summed E-state index contributed by atoms with van der Waals surface area (Å²) in [4.78, 5) is 26.0. The second-order valence-corrected chi connectivity index (χ2v) is 7.78. The van der Waals surface area contributed by atoms with Gasteiger partial charge in [0.2, 0.25) is 5.91 Å². The van der Waals surface area contributed by atoms with Crippen LogP contribution in [0.3, 0.4) is 0 Å². The molecule has 2 amide bonds. The topological polar surface area (TPSA) is 72.6 Å². The number of nitrogens with two attached hydrogens (primary N) is 1. The monoisotopic (exact) mass is 430 g/mol. The summed E-state index contributed by atoms with van der Waals surface area (Å²) in [7, 11) is 0. The fourth-order valence-electron chi connectivity index (χ4n) is 3.53. The molecular weight excluding hydrogens is 408 g/mol. The Bertz CT molecular complexity index is 810. The van der Waals surface area contributed by atoms with E-state index in [1.165, 1.54) is 0 Å². The summed E-state index contributed by atoms with van der Waals surface area (Å²) in [5.74, 6) is -0.396. The molecule has 6 heteroatoms. The van der Waals surface area contributed by atoms with Crippen LogP contribution in [0.15, 0.2) is 59.1 Å². The van der Waals surface area contributed by atoms with Gasteiger partial charge in [-0.05, 0) is 30.2 Å². The van der Waals surface area contributed by atoms with Crippen molar-refractivity contribution >= 4 is 27.9 Å². The summed E-state index contributed by atoms with van der Waals surface area (Å²) in [6.45, 7) is 2.53. The van der Waals surface area contributed by atoms with Crippen LogP contribution in [0, 0.1) is 0 Å². The van der Waals surface area contributed by atoms with E-state index in [1.807, 2.05) is 61.5 Å². The van der Waals surface area contributed by atoms with E-state index in [0.29, 0.717) is 19.4 Å². The lowest BCUT2D eigenvalue weighted by molar-refractivity contribution is -0.121. The van der Waals surface area contributed by atoms with E-state index in [-0.39, 0.29) is 18.6 Å². The molecule has 1 fully saturated rings. The van der Waals surface area contributed by atoms with Crippen LogP contribution in [-0.2, 0) is 15.1 Å². The second-order valence-electron chi connectivity index (χ2n) is 6.87. The third-order valence-corrected chi connectivity index (χ3v) is 5.70. The fraction of sp³-hybridized carbons (Fsp3) is 0.333. The van der Waals surface area contributed by atoms with Crippen LogP contribution in [0.4, 0.5) is 4.79 Å². The molecule has 142 valence electrons. The Morgan fingerprint density at radius 2 is 1.89 bits per heavy atom. The first-order chi connectivity index (χ1) is 12.9. The molecule has 5 nitrogen and oxygen atoms in total. The number of cyclic esters (lactones) is 1. The van der Waals surface area contributed by atoms with E-state index in [9.17, 15) is 9.59 Å². The van der Waals surface area contributed by atoms with Gasteiger partial charge in [-0.25, -0.2) is 4.79 Å². The standard InChI is InChI=1S/C21H23BrN2O3/c1-15(16-7-9-18(22)10-8-16)24-14-13-21(27-20(24)26,12-11-19(23)25)17-5-3-2-4-6-17/h2-10,15H,11-14H2,1H3,(H2,23,25)/t15-,21?/m0/s1. The van der Waals surface area contributed by atoms with Gasteiger partial charge in [0.25, 0.3) is 0 Å². The lowest BCUT2D eigenvalue weighted by atomic mass is 9.84. The molecule has 1 saturated heterocycles. The van der Waals surface area contributed by atoms with Crippen molar-refractivity contribution in [3.63, 3.8) is 0 Å². The van der Waals surface area contributed by atoms with Crippen molar-refractivity contribution in [3.05, 3.63) is 70.2 Å². The predicted molar refractivity (Wildman–Crippen MR) is 107 cm³/mol. The fourth-order valence-corrected chi connectivity index (χ4v) is 3.80. The SMILES string of the molecule is C[C@@H](c1ccc(Br)cc1)N1CCC(CCC(N)=O)(c2ccccc2)OC1=O. The Labute approximate surface area is 167 Å². The highest BCUT2D eigenvalue weighted by Gasteiger charge is 2.43. The minimum Gasteiger partial charge on any atom is -0.438 e. The first kappa shape index (κ1) is 19.4. The summed E-state index contributed by atoms with van der Waals surface area (Å²) in [5, 5.41) is 0. The second kappa shape index (κ2) is 8.13. The average molecular weight is 431 g/mol. The summed E-state index contributed by atoms with van der Waals surface area (Å²) >= 11 is 3.43. The molecule has 0 spiro atoms. The minimum atomic E-state index is -0.816. The number of hydrogen-bond acceptors (Lipinski definition) is 3. The van der Waals surface area contributed by atoms with Gasteiger partial charge >= 0.3 is 6.09 Å². The normalized spacial score (nSPS) is 20.8. The maximum atomic E-state index is 12.9. The van der Waals surface area contributed by atoms with Crippen molar-refractivity contribution < 1.29 is 14.3 Å². The van der Waals surface area contributed by atoms with Crippen molar-refractivity contribution in [2.24, 2.45) is 5.73 Å². The largest absolute Gasteiger partial charge is 0.438 e. The number of amides is 2. The lowest BCUT2D eigenvalue weighted by Gasteiger charge is -2.43. The number of carbonyl (C=O) groups excluding carboxylic acids is 2. The highest BCUT2D eigenvalue weighted by atomic mass is 79.9. The van der Waals surface area contributed by atoms with Crippen molar-refractivity contribution in [1.29, 1.82) is 0 Å². The maximum Gasteiger partial charge on any atom is 0.411 e. The molecule has 2 atom stereocenters. The third kappa shape index (κ3) is 4.33. The molecule has 1 aliphatic heterocycles. The van der Waals surface area contributed by atoms with E-state index in [0.717, 1.165) is 15.6 Å². The summed E-state index contributed by atoms with van der Waals surface area (Å²) in [6.07, 6.45) is 0.796. The molecule has 0 radical (unpaired) electrons. The van der Waals surface area contributed by atoms with Crippen LogP contribution in [0.5, 0.6) is 0 Å². The third-order valence-electron chi connectivity index (χ3n) is 5.17. The van der Waals surface area contributed by atoms with Gasteiger partial charge in [-0.3, -0.25) is 4.79 Å². The van der Waals surface area contributed by atoms with Crippen LogP contribution in [0.25, 0.3) is 0 Å². The zero-order valence-corrected chi connectivity index (χ0v) is 16.8. The van der Waals surface area contributed by atoms with Gasteiger partial charge in [0, 0.05) is 30.3 Å². The number of rotatable bonds is 6.